The average molecular weight is 149 g/mol. The van der Waals surface area contributed by atoms with E-state index in [1.54, 1.807) is 0 Å². The molecule has 1 rings (SSSR count). The molecule has 54 valence electrons. The molecule has 0 aromatic heterocycles. The van der Waals surface area contributed by atoms with Crippen molar-refractivity contribution in [3.8, 4) is 0 Å². The van der Waals surface area contributed by atoms with E-state index < -0.39 is 0 Å². The van der Waals surface area contributed by atoms with E-state index in [1.807, 2.05) is 0 Å². The molecule has 1 aliphatic heterocycles. The van der Waals surface area contributed by atoms with Gasteiger partial charge in [0, 0.05) is 24.3 Å². The summed E-state index contributed by atoms with van der Waals surface area (Å²) in [6, 6.07) is 0. The average Bonchev–Trinajstić information content (AvgIpc) is 1.88. The molecular formula is C6H12FNS. The van der Waals surface area contributed by atoms with Crippen LogP contribution in [0.1, 0.15) is 6.42 Å². The number of rotatable bonds is 1. The smallest absolute Gasteiger partial charge is 0.0935 e. The van der Waals surface area contributed by atoms with Gasteiger partial charge in [0.2, 0.25) is 0 Å². The van der Waals surface area contributed by atoms with Gasteiger partial charge in [-0.15, -0.1) is 0 Å². The maximum atomic E-state index is 12.0. The topological polar surface area (TPSA) is 12.0 Å². The summed E-state index contributed by atoms with van der Waals surface area (Å²) in [7, 11) is 0. The fourth-order valence-electron chi connectivity index (χ4n) is 1.12. The molecule has 1 aliphatic rings. The highest BCUT2D eigenvalue weighted by molar-refractivity contribution is 7.81. The highest BCUT2D eigenvalue weighted by Crippen LogP contribution is 2.14. The quantitative estimate of drug-likeness (QED) is 0.527. The Labute approximate surface area is 60.4 Å². The van der Waals surface area contributed by atoms with Crippen LogP contribution in [0.4, 0.5) is 4.39 Å². The summed E-state index contributed by atoms with van der Waals surface area (Å²) in [6.45, 7) is 1.55. The lowest BCUT2D eigenvalue weighted by molar-refractivity contribution is 0.301. The highest BCUT2D eigenvalue weighted by atomic mass is 32.1. The van der Waals surface area contributed by atoms with Crippen molar-refractivity contribution in [1.29, 1.82) is 0 Å². The number of thiol groups is 1. The molecule has 1 unspecified atom stereocenters. The van der Waals surface area contributed by atoms with Gasteiger partial charge in [-0.25, -0.2) is 0 Å². The Hall–Kier alpha value is 0.240. The van der Waals surface area contributed by atoms with Gasteiger partial charge >= 0.3 is 0 Å². The Bertz CT molecular complexity index is 89.1. The molecule has 0 radical (unpaired) electrons. The van der Waals surface area contributed by atoms with Gasteiger partial charge in [0.05, 0.1) is 6.67 Å². The third-order valence-electron chi connectivity index (χ3n) is 1.64. The molecule has 3 heteroatoms. The van der Waals surface area contributed by atoms with Gasteiger partial charge < -0.3 is 5.32 Å². The first-order valence-corrected chi connectivity index (χ1v) is 3.79. The van der Waals surface area contributed by atoms with E-state index in [2.05, 4.69) is 17.9 Å². The lowest BCUT2D eigenvalue weighted by Crippen LogP contribution is -2.37. The third-order valence-corrected chi connectivity index (χ3v) is 2.03. The van der Waals surface area contributed by atoms with Crippen molar-refractivity contribution < 1.29 is 4.39 Å². The Balaban J connectivity index is 2.23. The molecular weight excluding hydrogens is 137 g/mol. The number of piperidine rings is 1. The minimum atomic E-state index is -0.204. The van der Waals surface area contributed by atoms with Gasteiger partial charge in [-0.2, -0.15) is 12.6 Å². The zero-order valence-corrected chi connectivity index (χ0v) is 6.20. The van der Waals surface area contributed by atoms with E-state index >= 15 is 0 Å². The van der Waals surface area contributed by atoms with Crippen molar-refractivity contribution in [1.82, 2.24) is 5.32 Å². The van der Waals surface area contributed by atoms with E-state index in [-0.39, 0.29) is 12.6 Å². The molecule has 0 bridgehead atoms. The molecule has 0 spiro atoms. The van der Waals surface area contributed by atoms with Crippen LogP contribution in [0.5, 0.6) is 0 Å². The van der Waals surface area contributed by atoms with Gasteiger partial charge in [-0.1, -0.05) is 0 Å². The maximum Gasteiger partial charge on any atom is 0.0935 e. The number of nitrogens with one attached hydrogen (secondary N) is 1. The van der Waals surface area contributed by atoms with Crippen LogP contribution < -0.4 is 5.32 Å². The lowest BCUT2D eigenvalue weighted by atomic mass is 10.0. The van der Waals surface area contributed by atoms with Crippen molar-refractivity contribution in [2.75, 3.05) is 19.8 Å². The molecule has 0 amide bonds. The maximum absolute atomic E-state index is 12.0. The first kappa shape index (κ1) is 7.35. The summed E-state index contributed by atoms with van der Waals surface area (Å²) in [6.07, 6.45) is 0.923. The standard InChI is InChI=1S/C6H12FNS/c7-2-5-1-6(9)4-8-3-5/h5-6,8-9H,1-4H2/t5-,6?/m0/s1. The van der Waals surface area contributed by atoms with Gasteiger partial charge in [-0.3, -0.25) is 4.39 Å². The molecule has 0 saturated carbocycles. The van der Waals surface area contributed by atoms with Crippen molar-refractivity contribution >= 4 is 12.6 Å². The van der Waals surface area contributed by atoms with E-state index in [1.165, 1.54) is 0 Å². The van der Waals surface area contributed by atoms with Crippen LogP contribution in [0.15, 0.2) is 0 Å². The summed E-state index contributed by atoms with van der Waals surface area (Å²) in [4.78, 5) is 0. The monoisotopic (exact) mass is 149 g/mol. The van der Waals surface area contributed by atoms with Gasteiger partial charge in [0.25, 0.3) is 0 Å². The third kappa shape index (κ3) is 2.14. The highest BCUT2D eigenvalue weighted by Gasteiger charge is 2.17. The number of hydrogen-bond donors (Lipinski definition) is 2. The Morgan fingerprint density at radius 2 is 2.33 bits per heavy atom. The van der Waals surface area contributed by atoms with Crippen LogP contribution in [0.25, 0.3) is 0 Å². The summed E-state index contributed by atoms with van der Waals surface area (Å²) >= 11 is 4.25. The second-order valence-corrected chi connectivity index (χ2v) is 3.30. The molecule has 0 aliphatic carbocycles. The normalized spacial score (nSPS) is 36.7. The Morgan fingerprint density at radius 1 is 1.56 bits per heavy atom. The summed E-state index contributed by atoms with van der Waals surface area (Å²) in [5.74, 6) is 0.209. The second kappa shape index (κ2) is 3.42. The molecule has 1 nitrogen and oxygen atoms in total. The van der Waals surface area contributed by atoms with Crippen LogP contribution >= 0.6 is 12.6 Å². The SMILES string of the molecule is FC[C@H]1CNCC(S)C1. The van der Waals surface area contributed by atoms with Gasteiger partial charge in [0.15, 0.2) is 0 Å². The van der Waals surface area contributed by atoms with Crippen molar-refractivity contribution in [2.45, 2.75) is 11.7 Å². The lowest BCUT2D eigenvalue weighted by Gasteiger charge is -2.24. The van der Waals surface area contributed by atoms with Gasteiger partial charge in [-0.05, 0) is 6.42 Å². The van der Waals surface area contributed by atoms with Crippen LogP contribution in [0.3, 0.4) is 0 Å². The van der Waals surface area contributed by atoms with Crippen LogP contribution in [0, 0.1) is 5.92 Å². The molecule has 1 N–H and O–H groups in total. The summed E-state index contributed by atoms with van der Waals surface area (Å²) < 4.78 is 12.0. The Kier molecular flexibility index (Phi) is 2.79. The van der Waals surface area contributed by atoms with E-state index in [4.69, 9.17) is 0 Å². The molecule has 2 atom stereocenters. The van der Waals surface area contributed by atoms with E-state index in [0.29, 0.717) is 5.25 Å². The van der Waals surface area contributed by atoms with Crippen LogP contribution in [-0.2, 0) is 0 Å². The number of alkyl halides is 1. The Morgan fingerprint density at radius 3 is 2.78 bits per heavy atom. The predicted molar refractivity (Wildman–Crippen MR) is 39.7 cm³/mol. The van der Waals surface area contributed by atoms with Crippen molar-refractivity contribution in [2.24, 2.45) is 5.92 Å². The van der Waals surface area contributed by atoms with E-state index in [0.717, 1.165) is 19.5 Å². The van der Waals surface area contributed by atoms with Crippen molar-refractivity contribution in [3.63, 3.8) is 0 Å². The molecule has 0 aromatic rings. The number of halogens is 1. The van der Waals surface area contributed by atoms with Crippen LogP contribution in [-0.4, -0.2) is 25.0 Å². The minimum absolute atomic E-state index is 0.204. The van der Waals surface area contributed by atoms with Crippen molar-refractivity contribution in [3.05, 3.63) is 0 Å². The molecule has 1 heterocycles. The summed E-state index contributed by atoms with van der Waals surface area (Å²) in [5.41, 5.74) is 0. The summed E-state index contributed by atoms with van der Waals surface area (Å²) in [5, 5.41) is 3.48. The fraction of sp³-hybridized carbons (Fsp3) is 1.00. The first-order chi connectivity index (χ1) is 4.33. The largest absolute Gasteiger partial charge is 0.315 e. The predicted octanol–water partition coefficient (Wildman–Crippen LogP) is 0.864. The molecule has 0 aromatic carbocycles. The van der Waals surface area contributed by atoms with Crippen LogP contribution in [0.2, 0.25) is 0 Å². The molecule has 1 saturated heterocycles. The molecule has 9 heavy (non-hydrogen) atoms. The van der Waals surface area contributed by atoms with Gasteiger partial charge in [0.1, 0.15) is 0 Å². The zero-order valence-electron chi connectivity index (χ0n) is 5.31. The second-order valence-electron chi connectivity index (χ2n) is 2.57. The number of hydrogen-bond acceptors (Lipinski definition) is 2. The first-order valence-electron chi connectivity index (χ1n) is 3.27. The molecule has 1 fully saturated rings. The van der Waals surface area contributed by atoms with E-state index in [9.17, 15) is 4.39 Å². The minimum Gasteiger partial charge on any atom is -0.315 e. The fourth-order valence-corrected chi connectivity index (χ4v) is 1.55. The zero-order chi connectivity index (χ0) is 6.69.